The highest BCUT2D eigenvalue weighted by molar-refractivity contribution is 7.90. The predicted molar refractivity (Wildman–Crippen MR) is 102 cm³/mol. The van der Waals surface area contributed by atoms with E-state index < -0.39 is 21.9 Å². The monoisotopic (exact) mass is 389 g/mol. The Morgan fingerprint density at radius 1 is 1.19 bits per heavy atom. The summed E-state index contributed by atoms with van der Waals surface area (Å²) in [7, 11) is -3.68. The molecule has 27 heavy (non-hydrogen) atoms. The van der Waals surface area contributed by atoms with Crippen molar-refractivity contribution in [2.45, 2.75) is 31.2 Å². The third-order valence-electron chi connectivity index (χ3n) is 4.49. The number of halogens is 1. The number of amides is 1. The van der Waals surface area contributed by atoms with Crippen LogP contribution in [0.4, 0.5) is 10.1 Å². The summed E-state index contributed by atoms with van der Waals surface area (Å²) in [4.78, 5) is 17.4. The molecule has 1 aliphatic heterocycles. The number of amidine groups is 1. The highest BCUT2D eigenvalue weighted by atomic mass is 32.2. The van der Waals surface area contributed by atoms with Crippen molar-refractivity contribution < 1.29 is 17.6 Å². The van der Waals surface area contributed by atoms with Crippen LogP contribution >= 0.6 is 0 Å². The fraction of sp³-hybridized carbons (Fsp3) is 0.263. The Hall–Kier alpha value is -2.74. The number of fused-ring (bicyclic) bond motifs is 1. The second-order valence-corrected chi connectivity index (χ2v) is 8.06. The van der Waals surface area contributed by atoms with Gasteiger partial charge in [-0.25, -0.2) is 12.8 Å². The Morgan fingerprint density at radius 3 is 2.52 bits per heavy atom. The van der Waals surface area contributed by atoms with Gasteiger partial charge in [-0.05, 0) is 42.3 Å². The van der Waals surface area contributed by atoms with Gasteiger partial charge in [0.2, 0.25) is 5.91 Å². The standard InChI is InChI=1S/C19H20FN3O3S/c1-3-12(2)17(19(24)21-14-10-8-13(20)9-11-14)22-18-15-6-4-5-7-16(15)27(25,26)23-18/h4-12,17H,3H2,1-2H3,(H,21,24)(H,22,23)/t12-,17-/m0/s1. The van der Waals surface area contributed by atoms with Gasteiger partial charge >= 0.3 is 0 Å². The maximum atomic E-state index is 13.0. The van der Waals surface area contributed by atoms with E-state index in [-0.39, 0.29) is 22.6 Å². The summed E-state index contributed by atoms with van der Waals surface area (Å²) >= 11 is 0. The van der Waals surface area contributed by atoms with E-state index in [1.165, 1.54) is 30.3 Å². The Bertz CT molecular complexity index is 988. The molecule has 8 heteroatoms. The average Bonchev–Trinajstić information content (AvgIpc) is 2.91. The highest BCUT2D eigenvalue weighted by Crippen LogP contribution is 2.24. The van der Waals surface area contributed by atoms with Crippen molar-refractivity contribution in [3.8, 4) is 0 Å². The van der Waals surface area contributed by atoms with E-state index in [9.17, 15) is 17.6 Å². The molecule has 1 amide bonds. The van der Waals surface area contributed by atoms with Gasteiger partial charge < -0.3 is 5.32 Å². The van der Waals surface area contributed by atoms with Crippen LogP contribution in [0.2, 0.25) is 0 Å². The van der Waals surface area contributed by atoms with E-state index >= 15 is 0 Å². The molecule has 6 nitrogen and oxygen atoms in total. The van der Waals surface area contributed by atoms with Gasteiger partial charge in [0.1, 0.15) is 17.7 Å². The number of nitrogens with one attached hydrogen (secondary N) is 2. The van der Waals surface area contributed by atoms with E-state index in [2.05, 4.69) is 15.0 Å². The van der Waals surface area contributed by atoms with Gasteiger partial charge in [-0.1, -0.05) is 32.4 Å². The van der Waals surface area contributed by atoms with Crippen molar-refractivity contribution in [1.82, 2.24) is 4.72 Å². The zero-order valence-corrected chi connectivity index (χ0v) is 15.8. The lowest BCUT2D eigenvalue weighted by atomic mass is 9.98. The number of carbonyl (C=O) groups is 1. The SMILES string of the molecule is CC[C@H](C)[C@H](N=C1NS(=O)(=O)c2ccccc21)C(=O)Nc1ccc(F)cc1. The van der Waals surface area contributed by atoms with Crippen LogP contribution in [0.25, 0.3) is 0 Å². The molecule has 0 aliphatic carbocycles. The minimum Gasteiger partial charge on any atom is -0.324 e. The van der Waals surface area contributed by atoms with Crippen molar-refractivity contribution in [3.05, 3.63) is 59.9 Å². The highest BCUT2D eigenvalue weighted by Gasteiger charge is 2.33. The van der Waals surface area contributed by atoms with Crippen molar-refractivity contribution >= 4 is 27.5 Å². The molecule has 2 aromatic rings. The maximum Gasteiger partial charge on any atom is 0.263 e. The first kappa shape index (κ1) is 19.0. The van der Waals surface area contributed by atoms with Gasteiger partial charge in [-0.3, -0.25) is 14.5 Å². The van der Waals surface area contributed by atoms with Crippen LogP contribution < -0.4 is 10.0 Å². The molecule has 0 saturated heterocycles. The van der Waals surface area contributed by atoms with E-state index in [1.54, 1.807) is 18.2 Å². The van der Waals surface area contributed by atoms with Gasteiger partial charge in [0.15, 0.2) is 0 Å². The number of hydrogen-bond acceptors (Lipinski definition) is 4. The van der Waals surface area contributed by atoms with Gasteiger partial charge in [-0.2, -0.15) is 0 Å². The molecular formula is C19H20FN3O3S. The van der Waals surface area contributed by atoms with E-state index in [1.807, 2.05) is 13.8 Å². The number of hydrogen-bond donors (Lipinski definition) is 2. The Balaban J connectivity index is 1.93. The molecule has 2 N–H and O–H groups in total. The van der Waals surface area contributed by atoms with Crippen LogP contribution in [0.15, 0.2) is 58.4 Å². The number of nitrogens with zero attached hydrogens (tertiary/aromatic N) is 1. The van der Waals surface area contributed by atoms with Crippen molar-refractivity contribution in [1.29, 1.82) is 0 Å². The van der Waals surface area contributed by atoms with Gasteiger partial charge in [0.25, 0.3) is 10.0 Å². The molecule has 0 spiro atoms. The normalized spacial score (nSPS) is 18.4. The zero-order valence-electron chi connectivity index (χ0n) is 14.9. The Morgan fingerprint density at radius 2 is 1.85 bits per heavy atom. The minimum absolute atomic E-state index is 0.129. The zero-order chi connectivity index (χ0) is 19.6. The molecule has 3 rings (SSSR count). The third-order valence-corrected chi connectivity index (χ3v) is 5.89. The summed E-state index contributed by atoms with van der Waals surface area (Å²) in [6, 6.07) is 11.1. The number of rotatable bonds is 5. The molecule has 0 bridgehead atoms. The maximum absolute atomic E-state index is 13.0. The average molecular weight is 389 g/mol. The van der Waals surface area contributed by atoms with Crippen LogP contribution in [0.1, 0.15) is 25.8 Å². The molecule has 1 aliphatic rings. The summed E-state index contributed by atoms with van der Waals surface area (Å²) < 4.78 is 40.0. The predicted octanol–water partition coefficient (Wildman–Crippen LogP) is 2.92. The van der Waals surface area contributed by atoms with Crippen LogP contribution in [0.5, 0.6) is 0 Å². The molecule has 0 aromatic heterocycles. The molecule has 2 aromatic carbocycles. The number of anilines is 1. The number of benzene rings is 2. The Kier molecular flexibility index (Phi) is 5.27. The topological polar surface area (TPSA) is 87.6 Å². The number of sulfonamides is 1. The molecule has 0 saturated carbocycles. The van der Waals surface area contributed by atoms with E-state index in [0.717, 1.165) is 0 Å². The third kappa shape index (κ3) is 4.00. The van der Waals surface area contributed by atoms with Gasteiger partial charge in [0, 0.05) is 11.3 Å². The first-order valence-corrected chi connectivity index (χ1v) is 10.1. The smallest absolute Gasteiger partial charge is 0.263 e. The lowest BCUT2D eigenvalue weighted by Crippen LogP contribution is -2.34. The van der Waals surface area contributed by atoms with E-state index in [4.69, 9.17) is 0 Å². The summed E-state index contributed by atoms with van der Waals surface area (Å²) in [6.45, 7) is 3.80. The molecule has 142 valence electrons. The van der Waals surface area contributed by atoms with Crippen LogP contribution in [-0.4, -0.2) is 26.2 Å². The van der Waals surface area contributed by atoms with Crippen LogP contribution in [0, 0.1) is 11.7 Å². The molecule has 0 fully saturated rings. The summed E-state index contributed by atoms with van der Waals surface area (Å²) in [5, 5.41) is 2.71. The fourth-order valence-electron chi connectivity index (χ4n) is 2.79. The Labute approximate surface area is 157 Å². The summed E-state index contributed by atoms with van der Waals surface area (Å²) in [6.07, 6.45) is 0.673. The second-order valence-electron chi connectivity index (χ2n) is 6.41. The largest absolute Gasteiger partial charge is 0.324 e. The molecule has 2 atom stereocenters. The van der Waals surface area contributed by atoms with Crippen molar-refractivity contribution in [2.75, 3.05) is 5.32 Å². The van der Waals surface area contributed by atoms with Crippen molar-refractivity contribution in [3.63, 3.8) is 0 Å². The van der Waals surface area contributed by atoms with Crippen LogP contribution in [0.3, 0.4) is 0 Å². The number of carbonyl (C=O) groups excluding carboxylic acids is 1. The van der Waals surface area contributed by atoms with Gasteiger partial charge in [0.05, 0.1) is 4.90 Å². The van der Waals surface area contributed by atoms with Gasteiger partial charge in [-0.15, -0.1) is 0 Å². The van der Waals surface area contributed by atoms with Crippen molar-refractivity contribution in [2.24, 2.45) is 10.9 Å². The summed E-state index contributed by atoms with van der Waals surface area (Å²) in [5.74, 6) is -0.754. The first-order chi connectivity index (χ1) is 12.8. The minimum atomic E-state index is -3.68. The second kappa shape index (κ2) is 7.48. The lowest BCUT2D eigenvalue weighted by Gasteiger charge is -2.19. The van der Waals surface area contributed by atoms with Crippen LogP contribution in [-0.2, 0) is 14.8 Å². The summed E-state index contributed by atoms with van der Waals surface area (Å²) in [5.41, 5.74) is 0.891. The first-order valence-electron chi connectivity index (χ1n) is 8.58. The molecule has 0 unspecified atom stereocenters. The molecule has 1 heterocycles. The lowest BCUT2D eigenvalue weighted by molar-refractivity contribution is -0.118. The molecule has 0 radical (unpaired) electrons. The quantitative estimate of drug-likeness (QED) is 0.824. The van der Waals surface area contributed by atoms with E-state index in [0.29, 0.717) is 17.7 Å². The molecular weight excluding hydrogens is 369 g/mol. The fourth-order valence-corrected chi connectivity index (χ4v) is 4.02. The number of aliphatic imine (C=N–C) groups is 1.